The lowest BCUT2D eigenvalue weighted by Crippen LogP contribution is -2.23. The van der Waals surface area contributed by atoms with Crippen molar-refractivity contribution < 1.29 is 4.79 Å². The van der Waals surface area contributed by atoms with Gasteiger partial charge in [-0.3, -0.25) is 9.78 Å². The molecule has 1 amide bonds. The van der Waals surface area contributed by atoms with E-state index in [-0.39, 0.29) is 5.91 Å². The molecule has 0 saturated carbocycles. The van der Waals surface area contributed by atoms with E-state index in [0.717, 1.165) is 5.56 Å². The third-order valence-corrected chi connectivity index (χ3v) is 2.59. The number of hydrogen-bond acceptors (Lipinski definition) is 3. The van der Waals surface area contributed by atoms with E-state index in [1.54, 1.807) is 12.1 Å². The number of benzene rings is 1. The molecule has 0 atom stereocenters. The van der Waals surface area contributed by atoms with Crippen LogP contribution in [0.25, 0.3) is 0 Å². The van der Waals surface area contributed by atoms with Crippen LogP contribution in [-0.4, -0.2) is 10.9 Å². The average Bonchev–Trinajstić information content (AvgIpc) is 2.38. The van der Waals surface area contributed by atoms with Crippen LogP contribution in [0, 0.1) is 6.92 Å². The first-order chi connectivity index (χ1) is 8.65. The summed E-state index contributed by atoms with van der Waals surface area (Å²) in [6.45, 7) is 2.51. The topological polar surface area (TPSA) is 68.0 Å². The Morgan fingerprint density at radius 3 is 2.67 bits per heavy atom. The Morgan fingerprint density at radius 1 is 1.28 bits per heavy atom. The zero-order valence-electron chi connectivity index (χ0n) is 10.2. The molecule has 2 rings (SSSR count). The zero-order chi connectivity index (χ0) is 13.0. The molecule has 0 saturated heterocycles. The van der Waals surface area contributed by atoms with E-state index in [1.807, 2.05) is 31.2 Å². The Labute approximate surface area is 106 Å². The Morgan fingerprint density at radius 2 is 2.00 bits per heavy atom. The number of hydrogen-bond donors (Lipinski definition) is 2. The second-order valence-corrected chi connectivity index (χ2v) is 4.14. The van der Waals surface area contributed by atoms with E-state index in [2.05, 4.69) is 10.3 Å². The third-order valence-electron chi connectivity index (χ3n) is 2.59. The van der Waals surface area contributed by atoms with Crippen molar-refractivity contribution in [3.8, 4) is 0 Å². The van der Waals surface area contributed by atoms with Gasteiger partial charge >= 0.3 is 0 Å². The largest absolute Gasteiger partial charge is 0.399 e. The van der Waals surface area contributed by atoms with E-state index >= 15 is 0 Å². The first-order valence-electron chi connectivity index (χ1n) is 5.70. The summed E-state index contributed by atoms with van der Waals surface area (Å²) in [5.74, 6) is -0.220. The molecular weight excluding hydrogens is 226 g/mol. The van der Waals surface area contributed by atoms with Crippen molar-refractivity contribution in [2.75, 3.05) is 5.73 Å². The SMILES string of the molecule is Cc1ccc(CNC(=O)c2cc(N)ccn2)cc1. The summed E-state index contributed by atoms with van der Waals surface area (Å²) >= 11 is 0. The highest BCUT2D eigenvalue weighted by molar-refractivity contribution is 5.92. The van der Waals surface area contributed by atoms with Crippen molar-refractivity contribution in [3.05, 3.63) is 59.4 Å². The van der Waals surface area contributed by atoms with Gasteiger partial charge < -0.3 is 11.1 Å². The number of anilines is 1. The molecule has 18 heavy (non-hydrogen) atoms. The lowest BCUT2D eigenvalue weighted by atomic mass is 10.1. The molecule has 0 aliphatic carbocycles. The normalized spacial score (nSPS) is 10.1. The van der Waals surface area contributed by atoms with Crippen LogP contribution in [0.3, 0.4) is 0 Å². The fourth-order valence-electron chi connectivity index (χ4n) is 1.55. The first-order valence-corrected chi connectivity index (χ1v) is 5.70. The molecule has 0 radical (unpaired) electrons. The smallest absolute Gasteiger partial charge is 0.270 e. The van der Waals surface area contributed by atoms with Gasteiger partial charge in [0, 0.05) is 18.4 Å². The average molecular weight is 241 g/mol. The van der Waals surface area contributed by atoms with Crippen LogP contribution in [0.4, 0.5) is 5.69 Å². The van der Waals surface area contributed by atoms with Crippen LogP contribution in [0.5, 0.6) is 0 Å². The molecule has 0 unspecified atom stereocenters. The van der Waals surface area contributed by atoms with Gasteiger partial charge in [-0.1, -0.05) is 29.8 Å². The molecule has 0 bridgehead atoms. The molecular formula is C14H15N3O. The van der Waals surface area contributed by atoms with Gasteiger partial charge in [-0.25, -0.2) is 0 Å². The third kappa shape index (κ3) is 3.07. The highest BCUT2D eigenvalue weighted by atomic mass is 16.1. The number of pyridine rings is 1. The van der Waals surface area contributed by atoms with E-state index in [0.29, 0.717) is 17.9 Å². The van der Waals surface area contributed by atoms with E-state index in [1.165, 1.54) is 11.8 Å². The van der Waals surface area contributed by atoms with E-state index in [4.69, 9.17) is 5.73 Å². The van der Waals surface area contributed by atoms with Gasteiger partial charge in [0.15, 0.2) is 0 Å². The summed E-state index contributed by atoms with van der Waals surface area (Å²) in [5.41, 5.74) is 8.72. The van der Waals surface area contributed by atoms with Crippen molar-refractivity contribution in [2.45, 2.75) is 13.5 Å². The lowest BCUT2D eigenvalue weighted by molar-refractivity contribution is 0.0946. The van der Waals surface area contributed by atoms with Gasteiger partial charge in [0.1, 0.15) is 5.69 Å². The molecule has 1 aromatic carbocycles. The van der Waals surface area contributed by atoms with Crippen LogP contribution >= 0.6 is 0 Å². The molecule has 1 heterocycles. The predicted molar refractivity (Wildman–Crippen MR) is 71.0 cm³/mol. The van der Waals surface area contributed by atoms with Gasteiger partial charge in [-0.05, 0) is 24.6 Å². The number of aryl methyl sites for hydroxylation is 1. The van der Waals surface area contributed by atoms with Crippen molar-refractivity contribution in [2.24, 2.45) is 0 Å². The van der Waals surface area contributed by atoms with Crippen LogP contribution in [-0.2, 0) is 6.54 Å². The van der Waals surface area contributed by atoms with Gasteiger partial charge in [0.05, 0.1) is 0 Å². The minimum atomic E-state index is -0.220. The maximum atomic E-state index is 11.8. The predicted octanol–water partition coefficient (Wildman–Crippen LogP) is 1.90. The van der Waals surface area contributed by atoms with Gasteiger partial charge in [-0.2, -0.15) is 0 Å². The Kier molecular flexibility index (Phi) is 3.57. The highest BCUT2D eigenvalue weighted by Crippen LogP contribution is 2.05. The minimum absolute atomic E-state index is 0.220. The summed E-state index contributed by atoms with van der Waals surface area (Å²) in [4.78, 5) is 15.8. The summed E-state index contributed by atoms with van der Waals surface area (Å²) in [7, 11) is 0. The Hall–Kier alpha value is -2.36. The fraction of sp³-hybridized carbons (Fsp3) is 0.143. The molecule has 92 valence electrons. The van der Waals surface area contributed by atoms with Crippen LogP contribution in [0.1, 0.15) is 21.6 Å². The molecule has 0 aliphatic heterocycles. The second-order valence-electron chi connectivity index (χ2n) is 4.14. The summed E-state index contributed by atoms with van der Waals surface area (Å²) < 4.78 is 0. The number of nitrogens with two attached hydrogens (primary N) is 1. The zero-order valence-corrected chi connectivity index (χ0v) is 10.2. The summed E-state index contributed by atoms with van der Waals surface area (Å²) in [6.07, 6.45) is 1.52. The molecule has 4 heteroatoms. The van der Waals surface area contributed by atoms with Crippen LogP contribution < -0.4 is 11.1 Å². The van der Waals surface area contributed by atoms with Gasteiger partial charge in [0.2, 0.25) is 0 Å². The number of rotatable bonds is 3. The number of nitrogens with one attached hydrogen (secondary N) is 1. The van der Waals surface area contributed by atoms with E-state index < -0.39 is 0 Å². The maximum absolute atomic E-state index is 11.8. The molecule has 0 spiro atoms. The number of nitrogens with zero attached hydrogens (tertiary/aromatic N) is 1. The highest BCUT2D eigenvalue weighted by Gasteiger charge is 2.06. The van der Waals surface area contributed by atoms with E-state index in [9.17, 15) is 4.79 Å². The Bertz CT molecular complexity index is 549. The van der Waals surface area contributed by atoms with Crippen molar-refractivity contribution in [1.29, 1.82) is 0 Å². The summed E-state index contributed by atoms with van der Waals surface area (Å²) in [5, 5.41) is 2.80. The fourth-order valence-corrected chi connectivity index (χ4v) is 1.55. The van der Waals surface area contributed by atoms with Gasteiger partial charge in [0.25, 0.3) is 5.91 Å². The molecule has 3 N–H and O–H groups in total. The molecule has 1 aromatic heterocycles. The second kappa shape index (κ2) is 5.31. The van der Waals surface area contributed by atoms with Crippen LogP contribution in [0.15, 0.2) is 42.6 Å². The van der Waals surface area contributed by atoms with Crippen molar-refractivity contribution >= 4 is 11.6 Å². The van der Waals surface area contributed by atoms with Crippen molar-refractivity contribution in [3.63, 3.8) is 0 Å². The number of aromatic nitrogens is 1. The standard InChI is InChI=1S/C14H15N3O/c1-10-2-4-11(5-3-10)9-17-14(18)13-8-12(15)6-7-16-13/h2-8H,9H2,1H3,(H2,15,16)(H,17,18). The molecule has 4 nitrogen and oxygen atoms in total. The molecule has 2 aromatic rings. The Balaban J connectivity index is 1.98. The lowest BCUT2D eigenvalue weighted by Gasteiger charge is -2.05. The number of carbonyl (C=O) groups excluding carboxylic acids is 1. The molecule has 0 aliphatic rings. The molecule has 0 fully saturated rings. The maximum Gasteiger partial charge on any atom is 0.270 e. The monoisotopic (exact) mass is 241 g/mol. The quantitative estimate of drug-likeness (QED) is 0.862. The first kappa shape index (κ1) is 12.1. The summed E-state index contributed by atoms with van der Waals surface area (Å²) in [6, 6.07) is 11.2. The van der Waals surface area contributed by atoms with Gasteiger partial charge in [-0.15, -0.1) is 0 Å². The minimum Gasteiger partial charge on any atom is -0.399 e. The number of carbonyl (C=O) groups is 1. The van der Waals surface area contributed by atoms with Crippen molar-refractivity contribution in [1.82, 2.24) is 10.3 Å². The van der Waals surface area contributed by atoms with Crippen LogP contribution in [0.2, 0.25) is 0 Å². The number of nitrogen functional groups attached to an aromatic ring is 1. The number of amides is 1.